The number of hydrogen-bond donors (Lipinski definition) is 1. The quantitative estimate of drug-likeness (QED) is 0.898. The summed E-state index contributed by atoms with van der Waals surface area (Å²) in [4.78, 5) is 2.69. The molecule has 0 radical (unpaired) electrons. The Hall–Kier alpha value is -0.380. The minimum Gasteiger partial charge on any atom is -0.317 e. The Morgan fingerprint density at radius 2 is 2.11 bits per heavy atom. The molecule has 104 valence electrons. The van der Waals surface area contributed by atoms with E-state index in [4.69, 9.17) is 0 Å². The fourth-order valence-corrected chi connectivity index (χ4v) is 4.10. The molecule has 3 heteroatoms. The number of halogens is 1. The molecule has 19 heavy (non-hydrogen) atoms. The van der Waals surface area contributed by atoms with Gasteiger partial charge in [0.2, 0.25) is 0 Å². The van der Waals surface area contributed by atoms with Crippen LogP contribution in [0.2, 0.25) is 0 Å². The van der Waals surface area contributed by atoms with Crippen LogP contribution in [-0.2, 0) is 6.42 Å². The van der Waals surface area contributed by atoms with Crippen LogP contribution in [-0.4, -0.2) is 31.1 Å². The van der Waals surface area contributed by atoms with Gasteiger partial charge in [-0.15, -0.1) is 0 Å². The number of piperidine rings is 1. The standard InChI is InChI=1S/C16H23BrN2/c1-12-14-3-2-4-16(17)15(14)7-10-19(12)11-13-5-8-18-9-6-13/h2-4,12-13,18H,5-11H2,1H3. The molecule has 0 bridgehead atoms. The van der Waals surface area contributed by atoms with Gasteiger partial charge in [0, 0.05) is 23.6 Å². The third-order valence-electron chi connectivity index (χ3n) is 4.75. The first-order chi connectivity index (χ1) is 9.25. The first-order valence-electron chi connectivity index (χ1n) is 7.48. The van der Waals surface area contributed by atoms with Crippen molar-refractivity contribution >= 4 is 15.9 Å². The Morgan fingerprint density at radius 1 is 1.32 bits per heavy atom. The molecule has 1 saturated heterocycles. The van der Waals surface area contributed by atoms with Crippen molar-refractivity contribution in [3.63, 3.8) is 0 Å². The van der Waals surface area contributed by atoms with Crippen LogP contribution in [0, 0.1) is 5.92 Å². The van der Waals surface area contributed by atoms with Gasteiger partial charge in [-0.2, -0.15) is 0 Å². The summed E-state index contributed by atoms with van der Waals surface area (Å²) in [6.45, 7) is 7.26. The van der Waals surface area contributed by atoms with Crippen molar-refractivity contribution in [2.24, 2.45) is 5.92 Å². The highest BCUT2D eigenvalue weighted by atomic mass is 79.9. The van der Waals surface area contributed by atoms with E-state index in [1.807, 2.05) is 0 Å². The second kappa shape index (κ2) is 5.94. The monoisotopic (exact) mass is 322 g/mol. The predicted octanol–water partition coefficient (Wildman–Crippen LogP) is 3.37. The molecule has 0 aromatic heterocycles. The lowest BCUT2D eigenvalue weighted by molar-refractivity contribution is 0.152. The van der Waals surface area contributed by atoms with Crippen molar-refractivity contribution < 1.29 is 0 Å². The Morgan fingerprint density at radius 3 is 2.89 bits per heavy atom. The highest BCUT2D eigenvalue weighted by Crippen LogP contribution is 2.34. The molecule has 0 amide bonds. The van der Waals surface area contributed by atoms with Crippen molar-refractivity contribution in [3.05, 3.63) is 33.8 Å². The van der Waals surface area contributed by atoms with Gasteiger partial charge >= 0.3 is 0 Å². The number of nitrogens with one attached hydrogen (secondary N) is 1. The predicted molar refractivity (Wildman–Crippen MR) is 83.4 cm³/mol. The third-order valence-corrected chi connectivity index (χ3v) is 5.50. The number of hydrogen-bond acceptors (Lipinski definition) is 2. The fraction of sp³-hybridized carbons (Fsp3) is 0.625. The Kier molecular flexibility index (Phi) is 4.25. The van der Waals surface area contributed by atoms with Gasteiger partial charge < -0.3 is 5.32 Å². The maximum Gasteiger partial charge on any atom is 0.0323 e. The summed E-state index contributed by atoms with van der Waals surface area (Å²) in [6.07, 6.45) is 3.87. The molecule has 2 aliphatic heterocycles. The van der Waals surface area contributed by atoms with Crippen molar-refractivity contribution in [3.8, 4) is 0 Å². The lowest BCUT2D eigenvalue weighted by Crippen LogP contribution is -2.40. The zero-order valence-electron chi connectivity index (χ0n) is 11.7. The first kappa shape index (κ1) is 13.6. The molecule has 1 aromatic carbocycles. The number of benzene rings is 1. The molecule has 1 unspecified atom stereocenters. The summed E-state index contributed by atoms with van der Waals surface area (Å²) in [7, 11) is 0. The van der Waals surface area contributed by atoms with E-state index in [-0.39, 0.29) is 0 Å². The van der Waals surface area contributed by atoms with E-state index >= 15 is 0 Å². The molecule has 1 fully saturated rings. The van der Waals surface area contributed by atoms with Crippen LogP contribution in [0.4, 0.5) is 0 Å². The van der Waals surface area contributed by atoms with Crippen LogP contribution < -0.4 is 5.32 Å². The summed E-state index contributed by atoms with van der Waals surface area (Å²) in [5.74, 6) is 0.886. The summed E-state index contributed by atoms with van der Waals surface area (Å²) in [6, 6.07) is 7.22. The Labute approximate surface area is 124 Å². The summed E-state index contributed by atoms with van der Waals surface area (Å²) in [5.41, 5.74) is 3.05. The van der Waals surface area contributed by atoms with E-state index in [1.54, 1.807) is 0 Å². The zero-order chi connectivity index (χ0) is 13.2. The zero-order valence-corrected chi connectivity index (χ0v) is 13.2. The minimum absolute atomic E-state index is 0.566. The second-order valence-corrected chi connectivity index (χ2v) is 6.78. The maximum absolute atomic E-state index is 3.70. The molecule has 3 rings (SSSR count). The van der Waals surface area contributed by atoms with Crippen LogP contribution in [0.1, 0.15) is 36.9 Å². The van der Waals surface area contributed by atoms with Crippen molar-refractivity contribution in [2.45, 2.75) is 32.2 Å². The summed E-state index contributed by atoms with van der Waals surface area (Å²) >= 11 is 3.70. The van der Waals surface area contributed by atoms with Crippen molar-refractivity contribution in [1.82, 2.24) is 10.2 Å². The fourth-order valence-electron chi connectivity index (χ4n) is 3.52. The Balaban J connectivity index is 1.72. The lowest BCUT2D eigenvalue weighted by atomic mass is 9.91. The molecule has 2 nitrogen and oxygen atoms in total. The average molecular weight is 323 g/mol. The highest BCUT2D eigenvalue weighted by molar-refractivity contribution is 9.10. The first-order valence-corrected chi connectivity index (χ1v) is 8.27. The largest absolute Gasteiger partial charge is 0.317 e. The van der Waals surface area contributed by atoms with Gasteiger partial charge in [0.25, 0.3) is 0 Å². The van der Waals surface area contributed by atoms with Crippen molar-refractivity contribution in [2.75, 3.05) is 26.2 Å². The molecular formula is C16H23BrN2. The molecule has 1 aromatic rings. The lowest BCUT2D eigenvalue weighted by Gasteiger charge is -2.38. The molecule has 0 spiro atoms. The number of rotatable bonds is 2. The molecule has 0 aliphatic carbocycles. The van der Waals surface area contributed by atoms with Crippen LogP contribution >= 0.6 is 15.9 Å². The van der Waals surface area contributed by atoms with Crippen molar-refractivity contribution in [1.29, 1.82) is 0 Å². The SMILES string of the molecule is CC1c2cccc(Br)c2CCN1CC1CCNCC1. The van der Waals surface area contributed by atoms with Gasteiger partial charge in [0.05, 0.1) is 0 Å². The van der Waals surface area contributed by atoms with E-state index in [0.717, 1.165) is 5.92 Å². The van der Waals surface area contributed by atoms with Gasteiger partial charge in [-0.3, -0.25) is 4.90 Å². The Bertz CT molecular complexity index is 440. The maximum atomic E-state index is 3.70. The van der Waals surface area contributed by atoms with Gasteiger partial charge in [-0.05, 0) is 62.4 Å². The molecular weight excluding hydrogens is 300 g/mol. The van der Waals surface area contributed by atoms with Gasteiger partial charge in [0.15, 0.2) is 0 Å². The van der Waals surface area contributed by atoms with Crippen LogP contribution in [0.15, 0.2) is 22.7 Å². The van der Waals surface area contributed by atoms with E-state index < -0.39 is 0 Å². The van der Waals surface area contributed by atoms with Crippen LogP contribution in [0.25, 0.3) is 0 Å². The summed E-state index contributed by atoms with van der Waals surface area (Å²) in [5, 5.41) is 3.46. The molecule has 2 heterocycles. The third kappa shape index (κ3) is 2.88. The molecule has 0 saturated carbocycles. The number of nitrogens with zero attached hydrogens (tertiary/aromatic N) is 1. The van der Waals surface area contributed by atoms with E-state index in [2.05, 4.69) is 51.3 Å². The smallest absolute Gasteiger partial charge is 0.0323 e. The van der Waals surface area contributed by atoms with Gasteiger partial charge in [-0.1, -0.05) is 28.1 Å². The molecule has 1 N–H and O–H groups in total. The van der Waals surface area contributed by atoms with E-state index in [1.165, 1.54) is 61.0 Å². The topological polar surface area (TPSA) is 15.3 Å². The second-order valence-electron chi connectivity index (χ2n) is 5.92. The summed E-state index contributed by atoms with van der Waals surface area (Å²) < 4.78 is 1.29. The molecule has 1 atom stereocenters. The van der Waals surface area contributed by atoms with Crippen LogP contribution in [0.5, 0.6) is 0 Å². The highest BCUT2D eigenvalue weighted by Gasteiger charge is 2.27. The van der Waals surface area contributed by atoms with Crippen LogP contribution in [0.3, 0.4) is 0 Å². The molecule has 2 aliphatic rings. The number of fused-ring (bicyclic) bond motifs is 1. The van der Waals surface area contributed by atoms with Gasteiger partial charge in [-0.25, -0.2) is 0 Å². The van der Waals surface area contributed by atoms with Gasteiger partial charge in [0.1, 0.15) is 0 Å². The normalized spacial score (nSPS) is 25.3. The minimum atomic E-state index is 0.566. The van der Waals surface area contributed by atoms with E-state index in [0.29, 0.717) is 6.04 Å². The average Bonchev–Trinajstić information content (AvgIpc) is 2.44. The van der Waals surface area contributed by atoms with E-state index in [9.17, 15) is 0 Å².